The molecule has 1 rings (SSSR count). The van der Waals surface area contributed by atoms with Gasteiger partial charge in [-0.3, -0.25) is 9.59 Å². The van der Waals surface area contributed by atoms with Crippen LogP contribution in [0.15, 0.2) is 24.3 Å². The second-order valence-corrected chi connectivity index (χ2v) is 4.93. The Morgan fingerprint density at radius 2 is 2.00 bits per heavy atom. The number of hydrogen-bond acceptors (Lipinski definition) is 4. The van der Waals surface area contributed by atoms with E-state index in [1.165, 1.54) is 11.8 Å². The first kappa shape index (κ1) is 15.4. The van der Waals surface area contributed by atoms with Gasteiger partial charge in [0, 0.05) is 12.1 Å². The highest BCUT2D eigenvalue weighted by Crippen LogP contribution is 2.15. The summed E-state index contributed by atoms with van der Waals surface area (Å²) in [4.78, 5) is 21.9. The van der Waals surface area contributed by atoms with Gasteiger partial charge in [0.1, 0.15) is 5.75 Å². The fraction of sp³-hybridized carbons (Fsp3) is 0.385. The number of carbonyl (C=O) groups is 2. The third-order valence-electron chi connectivity index (χ3n) is 2.29. The molecule has 0 saturated heterocycles. The van der Waals surface area contributed by atoms with Crippen LogP contribution in [0.4, 0.5) is 5.69 Å². The van der Waals surface area contributed by atoms with Crippen LogP contribution in [-0.2, 0) is 9.59 Å². The number of nitrogens with one attached hydrogen (secondary N) is 1. The van der Waals surface area contributed by atoms with Crippen LogP contribution in [-0.4, -0.2) is 35.6 Å². The van der Waals surface area contributed by atoms with Crippen LogP contribution in [0.2, 0.25) is 0 Å². The van der Waals surface area contributed by atoms with E-state index in [2.05, 4.69) is 5.32 Å². The van der Waals surface area contributed by atoms with E-state index in [9.17, 15) is 9.59 Å². The lowest BCUT2D eigenvalue weighted by Crippen LogP contribution is -2.14. The SMILES string of the molecule is COc1ccc(NC(=O)CSCCCC(=O)O)cc1. The van der Waals surface area contributed by atoms with Crippen LogP contribution in [0.3, 0.4) is 0 Å². The first-order valence-electron chi connectivity index (χ1n) is 5.85. The standard InChI is InChI=1S/C13H17NO4S/c1-18-11-6-4-10(5-7-11)14-12(15)9-19-8-2-3-13(16)17/h4-7H,2-3,8-9H2,1H3,(H,14,15)(H,16,17). The molecule has 0 saturated carbocycles. The number of rotatable bonds is 8. The number of carbonyl (C=O) groups excluding carboxylic acids is 1. The molecule has 0 aliphatic carbocycles. The molecule has 1 amide bonds. The van der Waals surface area contributed by atoms with Gasteiger partial charge in [-0.1, -0.05) is 0 Å². The van der Waals surface area contributed by atoms with Crippen molar-refractivity contribution in [3.8, 4) is 5.75 Å². The van der Waals surface area contributed by atoms with E-state index < -0.39 is 5.97 Å². The van der Waals surface area contributed by atoms with E-state index >= 15 is 0 Å². The van der Waals surface area contributed by atoms with Gasteiger partial charge in [0.15, 0.2) is 0 Å². The van der Waals surface area contributed by atoms with Crippen molar-refractivity contribution in [2.45, 2.75) is 12.8 Å². The zero-order valence-corrected chi connectivity index (χ0v) is 11.5. The van der Waals surface area contributed by atoms with Crippen molar-refractivity contribution in [2.24, 2.45) is 0 Å². The summed E-state index contributed by atoms with van der Waals surface area (Å²) in [6, 6.07) is 7.09. The molecule has 2 N–H and O–H groups in total. The lowest BCUT2D eigenvalue weighted by Gasteiger charge is -2.06. The Kier molecular flexibility index (Phi) is 6.81. The minimum atomic E-state index is -0.803. The number of amides is 1. The molecule has 0 aromatic heterocycles. The van der Waals surface area contributed by atoms with Crippen LogP contribution in [0, 0.1) is 0 Å². The Bertz CT molecular complexity index is 419. The maximum atomic E-state index is 11.6. The zero-order chi connectivity index (χ0) is 14.1. The number of methoxy groups -OCH3 is 1. The van der Waals surface area contributed by atoms with Gasteiger partial charge in [0.2, 0.25) is 5.91 Å². The summed E-state index contributed by atoms with van der Waals surface area (Å²) in [7, 11) is 1.58. The van der Waals surface area contributed by atoms with Crippen LogP contribution >= 0.6 is 11.8 Å². The Hall–Kier alpha value is -1.69. The van der Waals surface area contributed by atoms with Crippen molar-refractivity contribution in [3.05, 3.63) is 24.3 Å². The van der Waals surface area contributed by atoms with Crippen LogP contribution in [0.25, 0.3) is 0 Å². The number of carboxylic acids is 1. The van der Waals surface area contributed by atoms with Gasteiger partial charge in [-0.05, 0) is 36.4 Å². The van der Waals surface area contributed by atoms with Crippen molar-refractivity contribution in [1.29, 1.82) is 0 Å². The van der Waals surface area contributed by atoms with Crippen molar-refractivity contribution in [3.63, 3.8) is 0 Å². The average Bonchev–Trinajstić information content (AvgIpc) is 2.39. The molecule has 0 atom stereocenters. The summed E-state index contributed by atoms with van der Waals surface area (Å²) in [5.41, 5.74) is 0.719. The van der Waals surface area contributed by atoms with Crippen molar-refractivity contribution < 1.29 is 19.4 Å². The van der Waals surface area contributed by atoms with Crippen LogP contribution < -0.4 is 10.1 Å². The van der Waals surface area contributed by atoms with Crippen LogP contribution in [0.1, 0.15) is 12.8 Å². The summed E-state index contributed by atoms with van der Waals surface area (Å²) in [5.74, 6) is 0.836. The monoisotopic (exact) mass is 283 g/mol. The third-order valence-corrected chi connectivity index (χ3v) is 3.33. The van der Waals surface area contributed by atoms with Crippen molar-refractivity contribution in [2.75, 3.05) is 23.9 Å². The summed E-state index contributed by atoms with van der Waals surface area (Å²) >= 11 is 1.43. The van der Waals surface area contributed by atoms with Gasteiger partial charge in [0.25, 0.3) is 0 Å². The quantitative estimate of drug-likeness (QED) is 0.716. The smallest absolute Gasteiger partial charge is 0.303 e. The van der Waals surface area contributed by atoms with Crippen LogP contribution in [0.5, 0.6) is 5.75 Å². The number of thioether (sulfide) groups is 1. The van der Waals surface area contributed by atoms with Gasteiger partial charge >= 0.3 is 5.97 Å². The van der Waals surface area contributed by atoms with E-state index in [0.29, 0.717) is 17.9 Å². The second kappa shape index (κ2) is 8.42. The summed E-state index contributed by atoms with van der Waals surface area (Å²) in [5, 5.41) is 11.2. The maximum Gasteiger partial charge on any atom is 0.303 e. The van der Waals surface area contributed by atoms with E-state index in [0.717, 1.165) is 11.4 Å². The Balaban J connectivity index is 2.21. The minimum absolute atomic E-state index is 0.0921. The average molecular weight is 283 g/mol. The van der Waals surface area contributed by atoms with Gasteiger partial charge in [-0.2, -0.15) is 11.8 Å². The fourth-order valence-corrected chi connectivity index (χ4v) is 2.11. The zero-order valence-electron chi connectivity index (χ0n) is 10.7. The van der Waals surface area contributed by atoms with Gasteiger partial charge in [0.05, 0.1) is 12.9 Å². The number of aliphatic carboxylic acids is 1. The highest BCUT2D eigenvalue weighted by atomic mass is 32.2. The fourth-order valence-electron chi connectivity index (χ4n) is 1.36. The predicted octanol–water partition coefficient (Wildman–Crippen LogP) is 2.23. The van der Waals surface area contributed by atoms with E-state index in [1.807, 2.05) is 0 Å². The van der Waals surface area contributed by atoms with E-state index in [1.54, 1.807) is 31.4 Å². The molecule has 0 fully saturated rings. The molecule has 104 valence electrons. The molecule has 0 unspecified atom stereocenters. The molecule has 6 heteroatoms. The highest BCUT2D eigenvalue weighted by molar-refractivity contribution is 7.99. The minimum Gasteiger partial charge on any atom is -0.497 e. The number of hydrogen-bond donors (Lipinski definition) is 2. The van der Waals surface area contributed by atoms with Crippen molar-refractivity contribution >= 4 is 29.3 Å². The van der Waals surface area contributed by atoms with E-state index in [-0.39, 0.29) is 12.3 Å². The van der Waals surface area contributed by atoms with Gasteiger partial charge in [-0.25, -0.2) is 0 Å². The summed E-state index contributed by atoms with van der Waals surface area (Å²) < 4.78 is 5.02. The molecule has 0 aliphatic heterocycles. The first-order chi connectivity index (χ1) is 9.11. The normalized spacial score (nSPS) is 9.95. The Morgan fingerprint density at radius 3 is 2.58 bits per heavy atom. The molecule has 5 nitrogen and oxygen atoms in total. The molecule has 19 heavy (non-hydrogen) atoms. The predicted molar refractivity (Wildman–Crippen MR) is 75.8 cm³/mol. The summed E-state index contributed by atoms with van der Waals surface area (Å²) in [6.45, 7) is 0. The largest absolute Gasteiger partial charge is 0.497 e. The number of carboxylic acid groups (broad SMARTS) is 1. The molecular weight excluding hydrogens is 266 g/mol. The Labute approximate surface area is 116 Å². The lowest BCUT2D eigenvalue weighted by molar-refractivity contribution is -0.137. The Morgan fingerprint density at radius 1 is 1.32 bits per heavy atom. The summed E-state index contributed by atoms with van der Waals surface area (Å²) in [6.07, 6.45) is 0.725. The van der Waals surface area contributed by atoms with Gasteiger partial charge in [-0.15, -0.1) is 0 Å². The number of anilines is 1. The molecular formula is C13H17NO4S. The van der Waals surface area contributed by atoms with Gasteiger partial charge < -0.3 is 15.2 Å². The number of benzene rings is 1. The highest BCUT2D eigenvalue weighted by Gasteiger charge is 2.03. The van der Waals surface area contributed by atoms with E-state index in [4.69, 9.17) is 9.84 Å². The second-order valence-electron chi connectivity index (χ2n) is 3.83. The maximum absolute atomic E-state index is 11.6. The lowest BCUT2D eigenvalue weighted by atomic mass is 10.3. The topological polar surface area (TPSA) is 75.6 Å². The third kappa shape index (κ3) is 6.71. The molecule has 0 aliphatic rings. The molecule has 1 aromatic rings. The molecule has 0 spiro atoms. The number of ether oxygens (including phenoxy) is 1. The molecule has 0 heterocycles. The molecule has 0 bridgehead atoms. The first-order valence-corrected chi connectivity index (χ1v) is 7.00. The molecule has 0 radical (unpaired) electrons. The molecule has 1 aromatic carbocycles. The van der Waals surface area contributed by atoms with Crippen molar-refractivity contribution in [1.82, 2.24) is 0 Å².